The quantitative estimate of drug-likeness (QED) is 0.00987. The lowest BCUT2D eigenvalue weighted by molar-refractivity contribution is -0.193. The van der Waals surface area contributed by atoms with Gasteiger partial charge in [-0.05, 0) is 210 Å². The van der Waals surface area contributed by atoms with Gasteiger partial charge < -0.3 is 59.9 Å². The van der Waals surface area contributed by atoms with E-state index in [1.807, 2.05) is 22.6 Å². The van der Waals surface area contributed by atoms with E-state index in [1.54, 1.807) is 97.1 Å². The van der Waals surface area contributed by atoms with Crippen LogP contribution in [0.1, 0.15) is 162 Å². The van der Waals surface area contributed by atoms with Crippen molar-refractivity contribution < 1.29 is 146 Å². The zero-order chi connectivity index (χ0) is 95.8. The Morgan fingerprint density at radius 3 is 1.36 bits per heavy atom. The summed E-state index contributed by atoms with van der Waals surface area (Å²) in [6.45, 7) is 1.96. The summed E-state index contributed by atoms with van der Waals surface area (Å²) in [5, 5.41) is 36.4. The molecule has 10 amide bonds. The Bertz CT molecular complexity index is 5980. The predicted octanol–water partition coefficient (Wildman–Crippen LogP) is 11.9. The van der Waals surface area contributed by atoms with Crippen LogP contribution in [-0.2, 0) is 71.0 Å². The lowest BCUT2D eigenvalue weighted by Gasteiger charge is -2.26. The third-order valence-electron chi connectivity index (χ3n) is 20.9. The molecular weight excluding hydrogens is 1860 g/mol. The maximum atomic E-state index is 15.3. The molecule has 31 nitrogen and oxygen atoms in total. The molecule has 6 heterocycles. The highest BCUT2D eigenvalue weighted by Crippen LogP contribution is 2.39. The van der Waals surface area contributed by atoms with Crippen molar-refractivity contribution in [1.29, 1.82) is 0 Å². The molecule has 0 bridgehead atoms. The van der Waals surface area contributed by atoms with Crippen molar-refractivity contribution in [1.82, 2.24) is 36.0 Å². The van der Waals surface area contributed by atoms with Gasteiger partial charge in [0.15, 0.2) is 86.5 Å². The molecule has 19 rings (SSSR count). The minimum Gasteiger partial charge on any atom is -0.505 e. The molecule has 1 atom stereocenters. The molecule has 9 aromatic carbocycles. The number of amides is 10. The van der Waals surface area contributed by atoms with Crippen LogP contribution in [0, 0.1) is 80.3 Å². The molecule has 9 aromatic rings. The van der Waals surface area contributed by atoms with Gasteiger partial charge in [-0.1, -0.05) is 78.7 Å². The molecule has 4 aliphatic carbocycles. The number of phenolic OH excluding ortho intramolecular Hbond substituents is 3. The third-order valence-corrected chi connectivity index (χ3v) is 21.7. The number of hydrogen-bond donors (Lipinski definition) is 7. The van der Waals surface area contributed by atoms with Gasteiger partial charge in [0.2, 0.25) is 0 Å². The van der Waals surface area contributed by atoms with Crippen LogP contribution in [0.4, 0.5) is 35.5 Å². The van der Waals surface area contributed by atoms with Gasteiger partial charge in [0.1, 0.15) is 5.56 Å². The Balaban J connectivity index is 0.000000163. The number of aromatic hydroxyl groups is 3. The number of methoxy groups -OCH3 is 1. The van der Waals surface area contributed by atoms with Crippen LogP contribution < -0.4 is 40.2 Å². The fourth-order valence-electron chi connectivity index (χ4n) is 13.3. The minimum absolute atomic E-state index is 0.0172. The smallest absolute Gasteiger partial charge is 0.373 e. The van der Waals surface area contributed by atoms with Crippen molar-refractivity contribution in [2.45, 2.75) is 89.6 Å². The second-order valence-corrected chi connectivity index (χ2v) is 31.3. The fraction of sp³-hybridized carbons (Fsp3) is 0.258. The molecule has 1 saturated heterocycles. The molecule has 7 N–H and O–H groups in total. The van der Waals surface area contributed by atoms with Crippen molar-refractivity contribution >= 4 is 100 Å². The van der Waals surface area contributed by atoms with Crippen molar-refractivity contribution in [2.24, 2.45) is 23.7 Å². The zero-order valence-electron chi connectivity index (χ0n) is 69.4. The largest absolute Gasteiger partial charge is 0.505 e. The number of terminal acetylenes is 1. The average Bonchev–Trinajstić information content (AvgIpc) is 1.61. The number of esters is 1. The van der Waals surface area contributed by atoms with Crippen molar-refractivity contribution in [3.05, 3.63) is 274 Å². The van der Waals surface area contributed by atoms with Gasteiger partial charge in [0.05, 0.1) is 95.7 Å². The zero-order valence-corrected chi connectivity index (χ0v) is 71.6. The Labute approximate surface area is 759 Å². The lowest BCUT2D eigenvalue weighted by Crippen LogP contribution is -2.54. The summed E-state index contributed by atoms with van der Waals surface area (Å²) in [4.78, 5) is 173. The van der Waals surface area contributed by atoms with Crippen LogP contribution in [-0.4, -0.2) is 153 Å². The Morgan fingerprint density at radius 1 is 0.477 bits per heavy atom. The lowest BCUT2D eigenvalue weighted by atomic mass is 10.0. The van der Waals surface area contributed by atoms with Crippen LogP contribution in [0.5, 0.6) is 40.2 Å². The summed E-state index contributed by atoms with van der Waals surface area (Å²) in [5.41, 5.74) is 1.89. The number of imide groups is 3. The van der Waals surface area contributed by atoms with Crippen LogP contribution in [0.15, 0.2) is 158 Å². The molecule has 0 aromatic heterocycles. The minimum atomic E-state index is -1.66. The van der Waals surface area contributed by atoms with Gasteiger partial charge in [0, 0.05) is 19.6 Å². The van der Waals surface area contributed by atoms with Crippen molar-refractivity contribution in [3.8, 4) is 52.6 Å². The molecule has 6 aliphatic heterocycles. The Kier molecular flexibility index (Phi) is 34.1. The number of para-hydroxylation sites is 2. The number of nitrogens with zero attached hydrogens (tertiary/aromatic N) is 3. The van der Waals surface area contributed by atoms with Gasteiger partial charge in [-0.2, -0.15) is 28.8 Å². The molecule has 0 spiro atoms. The standard InChI is InChI=1S/C24H22FNO5.C18H16FN3O4.C15H10FNO3.C12H12FNO2.C8H5FINO2.C7H7FO.C6H5FO.3CO2/c25-21-19(30-12-14-5-6-14)10-9-16(20(21)24(29)31-13-15-7-8-15)11-26-22(27)17-3-1-2-4-18(17)23(26)28;1-2-18(16(24)20-17(25)21-18)9-22-7-11-5-6-12(26-8-10-3-4-10)14(19)13(11)15(22)23;16-12-7-9(5-6-13(12)18)8-17-14(19)10-3-1-2-4-11(10)15(17)20;13-11-9(16-6-7-1-2-7)4-3-8-5-14-12(15)10(8)11;9-6-5-3(2-11-8(5)13)1-4(10)7(6)12;1-9-7-5-3-2-4-6(7)8;7-5-3-1-2-4-6(5)8;3*2-1-3/h1-4,9-10,14-15H,5-8,11-13H2;1,5-6,10H,3-4,7-9H2,(H2,20,21,24,25);1-7,18H,8H2;3-4,7H,1-2,5-6H2,(H,14,15);1,12H,2H2,(H,11,13);2-5H,1H3;1-4,8H;;;/t;18-;;;;;;;;/m.1......../s1. The number of carbonyl (C=O) groups is 10. The number of rotatable bonds is 19. The summed E-state index contributed by atoms with van der Waals surface area (Å²) in [6, 6.07) is 39.1. The summed E-state index contributed by atoms with van der Waals surface area (Å²) in [5.74, 6) is -5.82. The number of benzene rings is 9. The van der Waals surface area contributed by atoms with E-state index < -0.39 is 93.5 Å². The summed E-state index contributed by atoms with van der Waals surface area (Å²) in [6.07, 6.45) is 14.7. The molecule has 0 unspecified atom stereocenters. The van der Waals surface area contributed by atoms with E-state index in [0.29, 0.717) is 105 Å². The molecule has 0 radical (unpaired) electrons. The van der Waals surface area contributed by atoms with Gasteiger partial charge in [-0.3, -0.25) is 53.5 Å². The summed E-state index contributed by atoms with van der Waals surface area (Å²) >= 11 is 1.82. The van der Waals surface area contributed by atoms with E-state index in [9.17, 15) is 79.4 Å². The fourth-order valence-corrected chi connectivity index (χ4v) is 13.9. The number of ether oxygens (including phenoxy) is 5. The molecule has 10 aliphatic rings. The van der Waals surface area contributed by atoms with E-state index in [4.69, 9.17) is 64.4 Å². The highest BCUT2D eigenvalue weighted by atomic mass is 127. The monoisotopic (exact) mass is 1940 g/mol. The maximum Gasteiger partial charge on any atom is 0.373 e. The molecule has 4 saturated carbocycles. The molecule has 684 valence electrons. The van der Waals surface area contributed by atoms with Gasteiger partial charge in [-0.15, -0.1) is 6.42 Å². The Morgan fingerprint density at radius 2 is 0.909 bits per heavy atom. The third kappa shape index (κ3) is 24.9. The highest BCUT2D eigenvalue weighted by molar-refractivity contribution is 14.1. The van der Waals surface area contributed by atoms with Crippen molar-refractivity contribution in [2.75, 3.05) is 40.1 Å². The first-order valence-electron chi connectivity index (χ1n) is 40.0. The van der Waals surface area contributed by atoms with Crippen molar-refractivity contribution in [3.63, 3.8) is 0 Å². The number of urea groups is 1. The number of phenols is 3. The van der Waals surface area contributed by atoms with Gasteiger partial charge in [0.25, 0.3) is 47.3 Å². The SMILES string of the molecule is C#C[C@]1(CN2Cc3ccc(OCC4CC4)c(F)c3C2=O)NC(=O)NC1=O.COc1ccccc1F.O=C(OCC1CC1)c1c(CN2C(=O)c3ccccc3C2=O)ccc(OCC2CC2)c1F.O=C1NCc2cc(I)c(O)c(F)c21.O=C1NCc2ccc(OCC3CC3)c(F)c21.O=C1c2ccccc2C(=O)N1Cc1ccc(O)c(F)c1.O=C=O.O=C=O.O=C=O.Oc1ccccc1F. The summed E-state index contributed by atoms with van der Waals surface area (Å²) in [7, 11) is 1.44. The highest BCUT2D eigenvalue weighted by Gasteiger charge is 2.49. The van der Waals surface area contributed by atoms with Gasteiger partial charge >= 0.3 is 30.5 Å². The molecule has 132 heavy (non-hydrogen) atoms. The first-order chi connectivity index (χ1) is 63.3. The molecule has 5 fully saturated rings. The number of carbonyl (C=O) groups excluding carboxylic acids is 16. The predicted molar refractivity (Wildman–Crippen MR) is 448 cm³/mol. The second kappa shape index (κ2) is 45.5. The molecular formula is C93H77F7IN7O24. The number of fused-ring (bicyclic) bond motifs is 5. The van der Waals surface area contributed by atoms with E-state index in [2.05, 4.69) is 31.9 Å². The molecule has 39 heteroatoms. The number of halogens is 8. The van der Waals surface area contributed by atoms with E-state index in [-0.39, 0.29) is 131 Å². The van der Waals surface area contributed by atoms with E-state index in [0.717, 1.165) is 67.2 Å². The first-order valence-corrected chi connectivity index (χ1v) is 41.1. The number of nitrogens with one attached hydrogen (secondary N) is 4. The first kappa shape index (κ1) is 98.8. The maximum absolute atomic E-state index is 15.3. The van der Waals surface area contributed by atoms with Crippen LogP contribution in [0.3, 0.4) is 0 Å². The van der Waals surface area contributed by atoms with Gasteiger partial charge in [-0.25, -0.2) is 40.3 Å². The Hall–Kier alpha value is -15.4. The van der Waals surface area contributed by atoms with E-state index in [1.165, 1.54) is 66.6 Å². The van der Waals surface area contributed by atoms with Crippen LogP contribution >= 0.6 is 22.6 Å². The summed E-state index contributed by atoms with van der Waals surface area (Å²) < 4.78 is 122. The van der Waals surface area contributed by atoms with Crippen LogP contribution in [0.25, 0.3) is 0 Å². The second-order valence-electron chi connectivity index (χ2n) is 30.2. The van der Waals surface area contributed by atoms with Crippen LogP contribution in [0.2, 0.25) is 0 Å². The van der Waals surface area contributed by atoms with E-state index >= 15 is 4.39 Å². The normalized spacial score (nSPS) is 15.9. The average molecular weight is 1940 g/mol. The topological polar surface area (TPSA) is 438 Å². The number of hydrogen-bond acceptors (Lipinski definition) is 24.